The number of allylic oxidation sites excluding steroid dienone is 2. The van der Waals surface area contributed by atoms with Crippen LogP contribution < -0.4 is 5.73 Å². The smallest absolute Gasteiger partial charge is 0.230 e. The summed E-state index contributed by atoms with van der Waals surface area (Å²) in [7, 11) is 0. The van der Waals surface area contributed by atoms with E-state index in [1.54, 1.807) is 0 Å². The van der Waals surface area contributed by atoms with Crippen LogP contribution in [0, 0.1) is 0 Å². The maximum atomic E-state index is 11.4. The molecule has 1 aromatic heterocycles. The topological polar surface area (TPSA) is 88.8 Å². The number of nitrogens with one attached hydrogen (secondary N) is 1. The van der Waals surface area contributed by atoms with E-state index in [1.807, 2.05) is 0 Å². The van der Waals surface area contributed by atoms with E-state index in [0.717, 1.165) is 0 Å². The van der Waals surface area contributed by atoms with Gasteiger partial charge in [-0.2, -0.15) is 0 Å². The molecule has 1 aromatic rings. The van der Waals surface area contributed by atoms with Gasteiger partial charge in [-0.1, -0.05) is 0 Å². The predicted octanol–water partition coefficient (Wildman–Crippen LogP) is 0.354. The number of carbonyl (C=O) groups excluding carboxylic acids is 2. The highest BCUT2D eigenvalue weighted by atomic mass is 79.9. The Labute approximate surface area is 81.2 Å². The number of imidazole rings is 1. The van der Waals surface area contributed by atoms with Gasteiger partial charge in [0.2, 0.25) is 11.6 Å². The molecule has 0 saturated heterocycles. The summed E-state index contributed by atoms with van der Waals surface area (Å²) in [5.41, 5.74) is 5.58. The van der Waals surface area contributed by atoms with Crippen LogP contribution in [-0.2, 0) is 0 Å². The SMILES string of the molecule is NC1=C(Br)C(=O)c2[nH]cnc2C1=O. The summed E-state index contributed by atoms with van der Waals surface area (Å²) in [5, 5.41) is 0. The zero-order valence-electron chi connectivity index (χ0n) is 6.30. The first-order chi connectivity index (χ1) is 6.13. The molecule has 0 saturated carbocycles. The molecule has 0 spiro atoms. The van der Waals surface area contributed by atoms with E-state index < -0.39 is 5.78 Å². The molecule has 1 aliphatic carbocycles. The van der Waals surface area contributed by atoms with Crippen molar-refractivity contribution in [3.05, 3.63) is 27.9 Å². The average Bonchev–Trinajstić information content (AvgIpc) is 2.59. The van der Waals surface area contributed by atoms with Crippen molar-refractivity contribution in [3.63, 3.8) is 0 Å². The van der Waals surface area contributed by atoms with E-state index in [9.17, 15) is 9.59 Å². The van der Waals surface area contributed by atoms with Gasteiger partial charge in [0.05, 0.1) is 10.8 Å². The van der Waals surface area contributed by atoms with E-state index in [1.165, 1.54) is 6.33 Å². The van der Waals surface area contributed by atoms with Gasteiger partial charge in [-0.15, -0.1) is 0 Å². The van der Waals surface area contributed by atoms with Crippen molar-refractivity contribution in [2.45, 2.75) is 0 Å². The summed E-state index contributed by atoms with van der Waals surface area (Å²) < 4.78 is 0.0919. The zero-order valence-corrected chi connectivity index (χ0v) is 7.88. The van der Waals surface area contributed by atoms with Crippen molar-refractivity contribution in [3.8, 4) is 0 Å². The molecule has 6 heteroatoms. The first-order valence-corrected chi connectivity index (χ1v) is 4.20. The summed E-state index contributed by atoms with van der Waals surface area (Å²) in [4.78, 5) is 29.1. The molecule has 0 fully saturated rings. The minimum Gasteiger partial charge on any atom is -0.394 e. The second kappa shape index (κ2) is 2.53. The van der Waals surface area contributed by atoms with Crippen molar-refractivity contribution in [2.24, 2.45) is 5.73 Å². The molecule has 0 aromatic carbocycles. The second-order valence-electron chi connectivity index (χ2n) is 2.51. The van der Waals surface area contributed by atoms with Gasteiger partial charge in [0.15, 0.2) is 0 Å². The summed E-state index contributed by atoms with van der Waals surface area (Å²) in [5.74, 6) is -0.771. The number of nitrogens with zero attached hydrogens (tertiary/aromatic N) is 1. The van der Waals surface area contributed by atoms with Gasteiger partial charge >= 0.3 is 0 Å². The van der Waals surface area contributed by atoms with Gasteiger partial charge in [-0.3, -0.25) is 9.59 Å². The monoisotopic (exact) mass is 241 g/mol. The molecule has 2 rings (SSSR count). The Morgan fingerprint density at radius 3 is 2.77 bits per heavy atom. The number of aromatic nitrogens is 2. The lowest BCUT2D eigenvalue weighted by atomic mass is 10.0. The fraction of sp³-hybridized carbons (Fsp3) is 0. The molecular formula is C7H4BrN3O2. The van der Waals surface area contributed by atoms with Crippen LogP contribution in [0.5, 0.6) is 0 Å². The van der Waals surface area contributed by atoms with Crippen LogP contribution in [0.2, 0.25) is 0 Å². The molecule has 1 heterocycles. The molecule has 13 heavy (non-hydrogen) atoms. The molecular weight excluding hydrogens is 238 g/mol. The van der Waals surface area contributed by atoms with Crippen molar-refractivity contribution in [2.75, 3.05) is 0 Å². The summed E-state index contributed by atoms with van der Waals surface area (Å²) in [6.07, 6.45) is 1.29. The van der Waals surface area contributed by atoms with Crippen molar-refractivity contribution >= 4 is 27.5 Å². The van der Waals surface area contributed by atoms with E-state index >= 15 is 0 Å². The third-order valence-corrected chi connectivity index (χ3v) is 2.55. The Balaban J connectivity index is 2.71. The first-order valence-electron chi connectivity index (χ1n) is 3.41. The zero-order chi connectivity index (χ0) is 9.59. The molecule has 66 valence electrons. The first kappa shape index (κ1) is 8.18. The highest BCUT2D eigenvalue weighted by molar-refractivity contribution is 9.12. The highest BCUT2D eigenvalue weighted by Gasteiger charge is 2.31. The average molecular weight is 242 g/mol. The number of H-pyrrole nitrogens is 1. The van der Waals surface area contributed by atoms with Gasteiger partial charge < -0.3 is 10.7 Å². The number of Topliss-reactive ketones (excluding diaryl/α,β-unsaturated/α-hetero) is 2. The van der Waals surface area contributed by atoms with Crippen LogP contribution in [0.15, 0.2) is 16.5 Å². The molecule has 0 aliphatic heterocycles. The van der Waals surface area contributed by atoms with Gasteiger partial charge in [0.1, 0.15) is 17.1 Å². The molecule has 5 nitrogen and oxygen atoms in total. The van der Waals surface area contributed by atoms with Crippen molar-refractivity contribution in [1.82, 2.24) is 9.97 Å². The molecule has 1 aliphatic rings. The van der Waals surface area contributed by atoms with Crippen molar-refractivity contribution in [1.29, 1.82) is 0 Å². The van der Waals surface area contributed by atoms with Crippen LogP contribution in [0.25, 0.3) is 0 Å². The predicted molar refractivity (Wildman–Crippen MR) is 47.4 cm³/mol. The third-order valence-electron chi connectivity index (χ3n) is 1.76. The quantitative estimate of drug-likeness (QED) is 0.687. The summed E-state index contributed by atoms with van der Waals surface area (Å²) >= 11 is 2.95. The van der Waals surface area contributed by atoms with E-state index in [-0.39, 0.29) is 27.4 Å². The standard InChI is InChI=1S/C7H4BrN3O2/c8-2-3(9)7(13)5-4(6(2)12)10-1-11-5/h1H,9H2,(H,10,11). The van der Waals surface area contributed by atoms with Crippen LogP contribution >= 0.6 is 15.9 Å². The minimum absolute atomic E-state index is 0.0886. The number of aromatic amines is 1. The van der Waals surface area contributed by atoms with E-state index in [2.05, 4.69) is 25.9 Å². The van der Waals surface area contributed by atoms with Crippen LogP contribution in [0.1, 0.15) is 21.0 Å². The number of nitrogens with two attached hydrogens (primary N) is 1. The molecule has 0 unspecified atom stereocenters. The number of fused-ring (bicyclic) bond motifs is 1. The number of halogens is 1. The maximum Gasteiger partial charge on any atom is 0.230 e. The third kappa shape index (κ3) is 0.951. The van der Waals surface area contributed by atoms with Gasteiger partial charge in [0.25, 0.3) is 0 Å². The van der Waals surface area contributed by atoms with Crippen LogP contribution in [0.3, 0.4) is 0 Å². The lowest BCUT2D eigenvalue weighted by Gasteiger charge is -2.09. The Kier molecular flexibility index (Phi) is 1.59. The fourth-order valence-electron chi connectivity index (χ4n) is 1.10. The number of carbonyl (C=O) groups is 2. The normalized spacial score (nSPS) is 16.4. The summed E-state index contributed by atoms with van der Waals surface area (Å²) in [6, 6.07) is 0. The number of hydrogen-bond acceptors (Lipinski definition) is 4. The Hall–Kier alpha value is -1.43. The highest BCUT2D eigenvalue weighted by Crippen LogP contribution is 2.24. The fourth-order valence-corrected chi connectivity index (χ4v) is 1.48. The van der Waals surface area contributed by atoms with Gasteiger partial charge in [0, 0.05) is 0 Å². The minimum atomic E-state index is -0.428. The largest absolute Gasteiger partial charge is 0.394 e. The molecule has 0 amide bonds. The van der Waals surface area contributed by atoms with E-state index in [4.69, 9.17) is 5.73 Å². The molecule has 0 bridgehead atoms. The lowest BCUT2D eigenvalue weighted by molar-refractivity contribution is 0.0976. The Morgan fingerprint density at radius 2 is 2.08 bits per heavy atom. The molecule has 3 N–H and O–H groups in total. The van der Waals surface area contributed by atoms with Crippen LogP contribution in [-0.4, -0.2) is 21.5 Å². The lowest BCUT2D eigenvalue weighted by Crippen LogP contribution is -2.24. The number of hydrogen-bond donors (Lipinski definition) is 2. The van der Waals surface area contributed by atoms with Crippen molar-refractivity contribution < 1.29 is 9.59 Å². The molecule has 0 radical (unpaired) electrons. The van der Waals surface area contributed by atoms with Gasteiger partial charge in [-0.05, 0) is 15.9 Å². The number of rotatable bonds is 0. The number of ketones is 2. The Morgan fingerprint density at radius 1 is 1.38 bits per heavy atom. The van der Waals surface area contributed by atoms with Crippen LogP contribution in [0.4, 0.5) is 0 Å². The maximum absolute atomic E-state index is 11.4. The molecule has 0 atom stereocenters. The second-order valence-corrected chi connectivity index (χ2v) is 3.31. The van der Waals surface area contributed by atoms with E-state index in [0.29, 0.717) is 0 Å². The Bertz CT molecular complexity index is 408. The van der Waals surface area contributed by atoms with Gasteiger partial charge in [-0.25, -0.2) is 4.98 Å². The summed E-state index contributed by atoms with van der Waals surface area (Å²) in [6.45, 7) is 0.